The number of likely N-dealkylation sites (tertiary alicyclic amines) is 1. The minimum absolute atomic E-state index is 0. The Balaban J connectivity index is 0.00000225. The van der Waals surface area contributed by atoms with E-state index in [1.165, 1.54) is 12.1 Å². The molecule has 0 aromatic heterocycles. The van der Waals surface area contributed by atoms with Gasteiger partial charge < -0.3 is 14.0 Å². The molecule has 0 bridgehead atoms. The van der Waals surface area contributed by atoms with Crippen LogP contribution >= 0.6 is 0 Å². The fraction of sp³-hybridized carbons (Fsp3) is 0.600. The van der Waals surface area contributed by atoms with E-state index in [0.717, 1.165) is 45.0 Å². The average Bonchev–Trinajstić information content (AvgIpc) is 2.54. The largest absolute Gasteiger partial charge is 0.379 e. The predicted molar refractivity (Wildman–Crippen MR) is 90.2 cm³/mol. The van der Waals surface area contributed by atoms with Crippen molar-refractivity contribution in [3.05, 3.63) is 29.6 Å². The van der Waals surface area contributed by atoms with E-state index in [-0.39, 0.29) is 29.6 Å². The molecule has 2 aliphatic rings. The molecular formula is C15H21FN2NaO5S. The number of nitrogens with zero attached hydrogens (tertiary/aromatic N) is 2. The Hall–Kier alpha value is -0.260. The van der Waals surface area contributed by atoms with Gasteiger partial charge >= 0.3 is 10.1 Å². The third-order valence-electron chi connectivity index (χ3n) is 4.28. The van der Waals surface area contributed by atoms with Gasteiger partial charge in [0, 0.05) is 68.3 Å². The van der Waals surface area contributed by atoms with E-state index < -0.39 is 27.6 Å². The van der Waals surface area contributed by atoms with E-state index >= 15 is 0 Å². The van der Waals surface area contributed by atoms with Gasteiger partial charge in [0.15, 0.2) is 17.5 Å². The summed E-state index contributed by atoms with van der Waals surface area (Å²) in [6.45, 7) is 5.93. The van der Waals surface area contributed by atoms with Crippen LogP contribution in [0.5, 0.6) is 5.75 Å². The van der Waals surface area contributed by atoms with Crippen molar-refractivity contribution in [3.8, 4) is 5.75 Å². The van der Waals surface area contributed by atoms with Gasteiger partial charge in [0.2, 0.25) is 0 Å². The minimum Gasteiger partial charge on any atom is -0.379 e. The van der Waals surface area contributed by atoms with Crippen LogP contribution < -0.4 is 4.18 Å². The van der Waals surface area contributed by atoms with Crippen LogP contribution in [0.2, 0.25) is 0 Å². The number of rotatable bonds is 6. The second-order valence-electron chi connectivity index (χ2n) is 6.03. The molecule has 135 valence electrons. The Morgan fingerprint density at radius 2 is 1.96 bits per heavy atom. The third-order valence-corrected chi connectivity index (χ3v) is 5.03. The standard InChI is InChI=1S/C15H21FN2O5S.Na/c16-14-7-12(1-2-15(14)23-24(20,21)11-19)8-17-9-13(10-17)18-3-5-22-6-4-18;/h1-2,7,13,19H,3-6,8-11H2;. The van der Waals surface area contributed by atoms with Gasteiger partial charge in [-0.15, -0.1) is 0 Å². The number of hydrogen-bond donors (Lipinski definition) is 1. The number of aliphatic hydroxyl groups excluding tert-OH is 1. The number of benzene rings is 1. The summed E-state index contributed by atoms with van der Waals surface area (Å²) in [4.78, 5) is 4.62. The summed E-state index contributed by atoms with van der Waals surface area (Å²) in [6, 6.07) is 4.70. The van der Waals surface area contributed by atoms with Crippen LogP contribution in [-0.4, -0.2) is 104 Å². The van der Waals surface area contributed by atoms with Crippen LogP contribution in [0.1, 0.15) is 5.56 Å². The van der Waals surface area contributed by atoms with Gasteiger partial charge in [-0.05, 0) is 17.7 Å². The van der Waals surface area contributed by atoms with Crippen LogP contribution in [0.4, 0.5) is 4.39 Å². The molecule has 0 saturated carbocycles. The normalized spacial score (nSPS) is 19.9. The molecule has 2 aliphatic heterocycles. The third kappa shape index (κ3) is 5.61. The van der Waals surface area contributed by atoms with Crippen molar-refractivity contribution >= 4 is 39.7 Å². The number of hydrogen-bond acceptors (Lipinski definition) is 7. The van der Waals surface area contributed by atoms with E-state index in [1.54, 1.807) is 6.07 Å². The van der Waals surface area contributed by atoms with Gasteiger partial charge in [0.1, 0.15) is 0 Å². The van der Waals surface area contributed by atoms with Crippen molar-refractivity contribution in [2.24, 2.45) is 0 Å². The van der Waals surface area contributed by atoms with Crippen LogP contribution in [-0.2, 0) is 21.4 Å². The van der Waals surface area contributed by atoms with Gasteiger partial charge in [-0.3, -0.25) is 9.80 Å². The van der Waals surface area contributed by atoms with Gasteiger partial charge in [0.25, 0.3) is 0 Å². The molecule has 1 aromatic carbocycles. The quantitative estimate of drug-likeness (QED) is 0.530. The van der Waals surface area contributed by atoms with E-state index in [4.69, 9.17) is 9.84 Å². The van der Waals surface area contributed by atoms with Crippen molar-refractivity contribution in [2.45, 2.75) is 12.6 Å². The average molecular weight is 383 g/mol. The predicted octanol–water partition coefficient (Wildman–Crippen LogP) is -0.380. The summed E-state index contributed by atoms with van der Waals surface area (Å²) in [5.41, 5.74) is 0.752. The molecule has 2 heterocycles. The van der Waals surface area contributed by atoms with Gasteiger partial charge in [0.05, 0.1) is 13.2 Å². The van der Waals surface area contributed by atoms with Crippen molar-refractivity contribution in [1.29, 1.82) is 0 Å². The zero-order chi connectivity index (χ0) is 17.2. The summed E-state index contributed by atoms with van der Waals surface area (Å²) in [6.07, 6.45) is 0. The molecule has 2 fully saturated rings. The van der Waals surface area contributed by atoms with Gasteiger partial charge in [-0.1, -0.05) is 6.07 Å². The van der Waals surface area contributed by atoms with E-state index in [2.05, 4.69) is 14.0 Å². The van der Waals surface area contributed by atoms with Gasteiger partial charge in [-0.2, -0.15) is 8.42 Å². The van der Waals surface area contributed by atoms with E-state index in [9.17, 15) is 12.8 Å². The number of ether oxygens (including phenoxy) is 1. The summed E-state index contributed by atoms with van der Waals surface area (Å²) >= 11 is 0. The number of morpholine rings is 1. The maximum Gasteiger partial charge on any atom is 0.333 e. The number of halogens is 1. The molecule has 0 amide bonds. The fourth-order valence-electron chi connectivity index (χ4n) is 2.98. The molecule has 0 atom stereocenters. The molecule has 25 heavy (non-hydrogen) atoms. The fourth-order valence-corrected chi connectivity index (χ4v) is 3.44. The Kier molecular flexibility index (Phi) is 7.66. The molecule has 2 saturated heterocycles. The SMILES string of the molecule is O=S(=O)(CO)Oc1ccc(CN2CC(N3CCOCC3)C2)cc1F.[Na]. The molecule has 1 N–H and O–H groups in total. The van der Waals surface area contributed by atoms with E-state index in [1.807, 2.05) is 0 Å². The monoisotopic (exact) mass is 383 g/mol. The van der Waals surface area contributed by atoms with Crippen LogP contribution in [0, 0.1) is 5.82 Å². The molecule has 3 rings (SSSR count). The first-order valence-corrected chi connectivity index (χ1v) is 9.40. The van der Waals surface area contributed by atoms with Gasteiger partial charge in [-0.25, -0.2) is 4.39 Å². The maximum atomic E-state index is 13.9. The zero-order valence-electron chi connectivity index (χ0n) is 14.2. The molecule has 1 aromatic rings. The van der Waals surface area contributed by atoms with Crippen LogP contribution in [0.15, 0.2) is 18.2 Å². The molecule has 0 spiro atoms. The van der Waals surface area contributed by atoms with E-state index in [0.29, 0.717) is 12.6 Å². The van der Waals surface area contributed by atoms with Crippen LogP contribution in [0.3, 0.4) is 0 Å². The summed E-state index contributed by atoms with van der Waals surface area (Å²) < 4.78 is 46.1. The topological polar surface area (TPSA) is 79.3 Å². The maximum absolute atomic E-state index is 13.9. The molecule has 0 unspecified atom stereocenters. The molecular weight excluding hydrogens is 362 g/mol. The van der Waals surface area contributed by atoms with Crippen molar-refractivity contribution in [2.75, 3.05) is 45.3 Å². The smallest absolute Gasteiger partial charge is 0.333 e. The van der Waals surface area contributed by atoms with Crippen molar-refractivity contribution < 1.29 is 26.8 Å². The van der Waals surface area contributed by atoms with Crippen molar-refractivity contribution in [3.63, 3.8) is 0 Å². The molecule has 1 radical (unpaired) electrons. The Morgan fingerprint density at radius 1 is 1.28 bits per heavy atom. The second kappa shape index (κ2) is 9.09. The molecule has 0 aliphatic carbocycles. The first kappa shape index (κ1) is 21.0. The molecule has 7 nitrogen and oxygen atoms in total. The molecule has 10 heteroatoms. The first-order chi connectivity index (χ1) is 11.5. The Bertz CT molecular complexity index is 678. The van der Waals surface area contributed by atoms with Crippen LogP contribution in [0.25, 0.3) is 0 Å². The Morgan fingerprint density at radius 3 is 2.56 bits per heavy atom. The second-order valence-corrected chi connectivity index (χ2v) is 7.57. The summed E-state index contributed by atoms with van der Waals surface area (Å²) in [5.74, 6) is -2.34. The van der Waals surface area contributed by atoms with Crippen molar-refractivity contribution in [1.82, 2.24) is 9.80 Å². The summed E-state index contributed by atoms with van der Waals surface area (Å²) in [5, 5.41) is 8.64. The minimum atomic E-state index is -4.15. The Labute approximate surface area is 169 Å². The number of aliphatic hydroxyl groups is 1. The summed E-state index contributed by atoms with van der Waals surface area (Å²) in [7, 11) is -4.15. The zero-order valence-corrected chi connectivity index (χ0v) is 17.0. The first-order valence-electron chi connectivity index (χ1n) is 7.82.